The first-order chi connectivity index (χ1) is 9.65. The molecule has 0 heterocycles. The van der Waals surface area contributed by atoms with E-state index in [4.69, 9.17) is 22.4 Å². The average molecular weight is 331 g/mol. The number of aliphatic carboxylic acids is 1. The molecule has 7 heteroatoms. The summed E-state index contributed by atoms with van der Waals surface area (Å²) in [5.74, 6) is -1.20. The Kier molecular flexibility index (Phi) is 6.07. The van der Waals surface area contributed by atoms with E-state index in [-0.39, 0.29) is 11.7 Å². The highest BCUT2D eigenvalue weighted by molar-refractivity contribution is 8.01. The second-order valence-electron chi connectivity index (χ2n) is 5.17. The van der Waals surface area contributed by atoms with Crippen LogP contribution >= 0.6 is 23.4 Å². The van der Waals surface area contributed by atoms with E-state index >= 15 is 0 Å². The summed E-state index contributed by atoms with van der Waals surface area (Å²) in [7, 11) is 0. The number of amides is 1. The molecule has 5 nitrogen and oxygen atoms in total. The maximum absolute atomic E-state index is 12.0. The minimum atomic E-state index is -1.08. The lowest BCUT2D eigenvalue weighted by Crippen LogP contribution is -2.47. The average Bonchev–Trinajstić information content (AvgIpc) is 2.41. The van der Waals surface area contributed by atoms with E-state index in [9.17, 15) is 9.59 Å². The SMILES string of the molecule is Cc1c(Cl)cccc1NC(=O)CSC(C)(C)[C@H](N)C(=O)O. The van der Waals surface area contributed by atoms with Gasteiger partial charge < -0.3 is 16.2 Å². The number of rotatable bonds is 6. The third kappa shape index (κ3) is 4.91. The lowest BCUT2D eigenvalue weighted by Gasteiger charge is -2.27. The Hall–Kier alpha value is -1.24. The van der Waals surface area contributed by atoms with Crippen molar-refractivity contribution in [3.8, 4) is 0 Å². The highest BCUT2D eigenvalue weighted by Gasteiger charge is 2.33. The van der Waals surface area contributed by atoms with Crippen LogP contribution in [-0.4, -0.2) is 33.5 Å². The van der Waals surface area contributed by atoms with Crippen molar-refractivity contribution in [1.82, 2.24) is 0 Å². The van der Waals surface area contributed by atoms with Gasteiger partial charge in [-0.15, -0.1) is 11.8 Å². The number of carbonyl (C=O) groups excluding carboxylic acids is 1. The van der Waals surface area contributed by atoms with Crippen LogP contribution in [0.3, 0.4) is 0 Å². The van der Waals surface area contributed by atoms with Crippen LogP contribution in [0.5, 0.6) is 0 Å². The quantitative estimate of drug-likeness (QED) is 0.745. The van der Waals surface area contributed by atoms with E-state index in [2.05, 4.69) is 5.32 Å². The molecule has 0 bridgehead atoms. The molecule has 1 aromatic rings. The molecule has 1 rings (SSSR count). The van der Waals surface area contributed by atoms with Crippen LogP contribution in [0, 0.1) is 6.92 Å². The molecule has 0 spiro atoms. The molecule has 0 radical (unpaired) electrons. The van der Waals surface area contributed by atoms with Gasteiger partial charge in [0, 0.05) is 15.5 Å². The first kappa shape index (κ1) is 17.8. The molecule has 0 saturated heterocycles. The minimum Gasteiger partial charge on any atom is -0.480 e. The van der Waals surface area contributed by atoms with Gasteiger partial charge in [-0.1, -0.05) is 17.7 Å². The van der Waals surface area contributed by atoms with Gasteiger partial charge in [-0.2, -0.15) is 0 Å². The Morgan fingerprint density at radius 1 is 1.48 bits per heavy atom. The summed E-state index contributed by atoms with van der Waals surface area (Å²) < 4.78 is -0.744. The van der Waals surface area contributed by atoms with Crippen molar-refractivity contribution in [1.29, 1.82) is 0 Å². The van der Waals surface area contributed by atoms with Gasteiger partial charge in [-0.25, -0.2) is 0 Å². The predicted molar refractivity (Wildman–Crippen MR) is 87.0 cm³/mol. The largest absolute Gasteiger partial charge is 0.480 e. The van der Waals surface area contributed by atoms with Crippen LogP contribution < -0.4 is 11.1 Å². The number of carbonyl (C=O) groups is 2. The van der Waals surface area contributed by atoms with Crippen molar-refractivity contribution in [2.45, 2.75) is 31.6 Å². The maximum atomic E-state index is 12.0. The fourth-order valence-corrected chi connectivity index (χ4v) is 2.60. The highest BCUT2D eigenvalue weighted by Crippen LogP contribution is 2.28. The van der Waals surface area contributed by atoms with Crippen LogP contribution in [0.25, 0.3) is 0 Å². The van der Waals surface area contributed by atoms with Crippen LogP contribution in [-0.2, 0) is 9.59 Å². The molecule has 116 valence electrons. The predicted octanol–water partition coefficient (Wildman–Crippen LogP) is 2.51. The van der Waals surface area contributed by atoms with Gasteiger partial charge in [0.25, 0.3) is 0 Å². The van der Waals surface area contributed by atoms with E-state index in [1.807, 2.05) is 6.92 Å². The number of halogens is 1. The molecule has 0 unspecified atom stereocenters. The zero-order valence-corrected chi connectivity index (χ0v) is 13.7. The molecule has 1 atom stereocenters. The van der Waals surface area contributed by atoms with Gasteiger partial charge >= 0.3 is 5.97 Å². The summed E-state index contributed by atoms with van der Waals surface area (Å²) in [6.07, 6.45) is 0. The second-order valence-corrected chi connectivity index (χ2v) is 7.21. The van der Waals surface area contributed by atoms with Crippen molar-refractivity contribution < 1.29 is 14.7 Å². The smallest absolute Gasteiger partial charge is 0.321 e. The monoisotopic (exact) mass is 330 g/mol. The van der Waals surface area contributed by atoms with Gasteiger partial charge in [0.05, 0.1) is 5.75 Å². The zero-order valence-electron chi connectivity index (χ0n) is 12.1. The number of nitrogens with two attached hydrogens (primary N) is 1. The topological polar surface area (TPSA) is 92.4 Å². The number of carboxylic acids is 1. The summed E-state index contributed by atoms with van der Waals surface area (Å²) in [4.78, 5) is 22.9. The van der Waals surface area contributed by atoms with Gasteiger partial charge in [0.1, 0.15) is 6.04 Å². The van der Waals surface area contributed by atoms with E-state index in [0.29, 0.717) is 10.7 Å². The van der Waals surface area contributed by atoms with Crippen molar-refractivity contribution in [3.63, 3.8) is 0 Å². The maximum Gasteiger partial charge on any atom is 0.321 e. The molecular formula is C14H19ClN2O3S. The van der Waals surface area contributed by atoms with E-state index in [1.165, 1.54) is 11.8 Å². The first-order valence-electron chi connectivity index (χ1n) is 6.32. The normalized spacial score (nSPS) is 12.8. The van der Waals surface area contributed by atoms with Gasteiger partial charge in [0.2, 0.25) is 5.91 Å². The third-order valence-electron chi connectivity index (χ3n) is 3.13. The van der Waals surface area contributed by atoms with Crippen LogP contribution in [0.2, 0.25) is 5.02 Å². The van der Waals surface area contributed by atoms with Crippen LogP contribution in [0.15, 0.2) is 18.2 Å². The van der Waals surface area contributed by atoms with E-state index in [0.717, 1.165) is 5.56 Å². The van der Waals surface area contributed by atoms with E-state index in [1.54, 1.807) is 32.0 Å². The Bertz CT molecular complexity index is 549. The number of carboxylic acid groups (broad SMARTS) is 1. The molecule has 0 aliphatic rings. The van der Waals surface area contributed by atoms with Crippen molar-refractivity contribution >= 4 is 40.9 Å². The fraction of sp³-hybridized carbons (Fsp3) is 0.429. The number of anilines is 1. The van der Waals surface area contributed by atoms with Crippen molar-refractivity contribution in [2.75, 3.05) is 11.1 Å². The third-order valence-corrected chi connectivity index (χ3v) is 4.95. The van der Waals surface area contributed by atoms with Crippen molar-refractivity contribution in [2.24, 2.45) is 5.73 Å². The molecule has 0 saturated carbocycles. The lowest BCUT2D eigenvalue weighted by molar-refractivity contribution is -0.139. The highest BCUT2D eigenvalue weighted by atomic mass is 35.5. The standard InChI is InChI=1S/C14H19ClN2O3S/c1-8-9(15)5-4-6-10(8)17-11(18)7-21-14(2,3)12(16)13(19)20/h4-6,12H,7,16H2,1-3H3,(H,17,18)(H,19,20)/t12-/m1/s1. The first-order valence-corrected chi connectivity index (χ1v) is 7.69. The summed E-state index contributed by atoms with van der Waals surface area (Å²) in [5.41, 5.74) is 7.04. The molecule has 0 aromatic heterocycles. The Balaban J connectivity index is 2.63. The lowest BCUT2D eigenvalue weighted by atomic mass is 10.1. The number of thioether (sulfide) groups is 1. The van der Waals surface area contributed by atoms with Crippen molar-refractivity contribution in [3.05, 3.63) is 28.8 Å². The van der Waals surface area contributed by atoms with Gasteiger partial charge in [-0.05, 0) is 38.5 Å². The van der Waals surface area contributed by atoms with Crippen LogP contribution in [0.4, 0.5) is 5.69 Å². The number of hydrogen-bond donors (Lipinski definition) is 3. The Labute approximate surface area is 133 Å². The molecule has 0 aliphatic heterocycles. The molecule has 21 heavy (non-hydrogen) atoms. The zero-order chi connectivity index (χ0) is 16.2. The number of nitrogens with one attached hydrogen (secondary N) is 1. The van der Waals surface area contributed by atoms with E-state index < -0.39 is 16.8 Å². The number of benzene rings is 1. The molecule has 1 aromatic carbocycles. The molecular weight excluding hydrogens is 312 g/mol. The number of hydrogen-bond acceptors (Lipinski definition) is 4. The molecule has 4 N–H and O–H groups in total. The minimum absolute atomic E-state index is 0.111. The summed E-state index contributed by atoms with van der Waals surface area (Å²) in [5, 5.41) is 12.3. The molecule has 0 aliphatic carbocycles. The fourth-order valence-electron chi connectivity index (χ4n) is 1.57. The van der Waals surface area contributed by atoms with Crippen LogP contribution in [0.1, 0.15) is 19.4 Å². The summed E-state index contributed by atoms with van der Waals surface area (Å²) in [6, 6.07) is 4.22. The van der Waals surface area contributed by atoms with Gasteiger partial charge in [-0.3, -0.25) is 9.59 Å². The Morgan fingerprint density at radius 3 is 2.67 bits per heavy atom. The summed E-state index contributed by atoms with van der Waals surface area (Å²) in [6.45, 7) is 5.22. The molecule has 0 fully saturated rings. The Morgan fingerprint density at radius 2 is 2.10 bits per heavy atom. The summed E-state index contributed by atoms with van der Waals surface area (Å²) >= 11 is 7.19. The van der Waals surface area contributed by atoms with Gasteiger partial charge in [0.15, 0.2) is 0 Å². The second kappa shape index (κ2) is 7.15. The molecule has 1 amide bonds.